The van der Waals surface area contributed by atoms with Crippen molar-refractivity contribution in [3.8, 4) is 0 Å². The van der Waals surface area contributed by atoms with Gasteiger partial charge >= 0.3 is 5.97 Å². The fourth-order valence-corrected chi connectivity index (χ4v) is 1.97. The topological polar surface area (TPSA) is 75.4 Å². The van der Waals surface area contributed by atoms with Gasteiger partial charge in [0.05, 0.1) is 12.1 Å². The first-order valence-corrected chi connectivity index (χ1v) is 5.62. The molecule has 0 radical (unpaired) electrons. The highest BCUT2D eigenvalue weighted by molar-refractivity contribution is 5.86. The van der Waals surface area contributed by atoms with E-state index in [1.54, 1.807) is 15.8 Å². The Morgan fingerprint density at radius 1 is 1.65 bits per heavy atom. The number of likely N-dealkylation sites (tertiary alicyclic amines) is 1. The summed E-state index contributed by atoms with van der Waals surface area (Å²) in [7, 11) is 0. The van der Waals surface area contributed by atoms with Crippen LogP contribution in [0.1, 0.15) is 18.9 Å². The van der Waals surface area contributed by atoms with Crippen LogP contribution in [0.15, 0.2) is 12.4 Å². The zero-order valence-electron chi connectivity index (χ0n) is 9.67. The molecule has 1 atom stereocenters. The Morgan fingerprint density at radius 3 is 2.94 bits per heavy atom. The molecule has 1 amide bonds. The number of aliphatic carboxylic acids is 1. The molecule has 1 aliphatic heterocycles. The molecule has 0 aromatic carbocycles. The number of carbonyl (C=O) groups is 2. The molecule has 1 N–H and O–H groups in total. The van der Waals surface area contributed by atoms with Crippen molar-refractivity contribution in [2.24, 2.45) is 5.92 Å². The molecule has 1 fully saturated rings. The lowest BCUT2D eigenvalue weighted by molar-refractivity contribution is -0.141. The largest absolute Gasteiger partial charge is 0.481 e. The number of aryl methyl sites for hydroxylation is 1. The zero-order valence-corrected chi connectivity index (χ0v) is 9.67. The standard InChI is InChI=1S/C11H15N3O3/c1-2-14-6-8(4-12-14)5-13-7-9(11(16)17)3-10(13)15/h4,6,9H,2-3,5,7H2,1H3,(H,16,17)/t9-/m0/s1. The van der Waals surface area contributed by atoms with E-state index in [1.807, 2.05) is 13.1 Å². The number of rotatable bonds is 4. The van der Waals surface area contributed by atoms with Crippen molar-refractivity contribution in [2.45, 2.75) is 26.4 Å². The highest BCUT2D eigenvalue weighted by Gasteiger charge is 2.34. The second kappa shape index (κ2) is 4.57. The maximum Gasteiger partial charge on any atom is 0.308 e. The van der Waals surface area contributed by atoms with E-state index in [2.05, 4.69) is 5.10 Å². The Balaban J connectivity index is 2.00. The molecule has 1 aliphatic rings. The third kappa shape index (κ3) is 2.46. The lowest BCUT2D eigenvalue weighted by atomic mass is 10.1. The van der Waals surface area contributed by atoms with Crippen molar-refractivity contribution >= 4 is 11.9 Å². The van der Waals surface area contributed by atoms with Gasteiger partial charge in [0.15, 0.2) is 0 Å². The smallest absolute Gasteiger partial charge is 0.308 e. The molecule has 6 nitrogen and oxygen atoms in total. The molecule has 1 aromatic rings. The van der Waals surface area contributed by atoms with Gasteiger partial charge in [-0.15, -0.1) is 0 Å². The summed E-state index contributed by atoms with van der Waals surface area (Å²) in [6.45, 7) is 3.51. The van der Waals surface area contributed by atoms with Crippen molar-refractivity contribution in [2.75, 3.05) is 6.54 Å². The fraction of sp³-hybridized carbons (Fsp3) is 0.545. The maximum absolute atomic E-state index is 11.6. The summed E-state index contributed by atoms with van der Waals surface area (Å²) in [5, 5.41) is 13.0. The van der Waals surface area contributed by atoms with Gasteiger partial charge in [-0.2, -0.15) is 5.10 Å². The second-order valence-corrected chi connectivity index (χ2v) is 4.22. The quantitative estimate of drug-likeness (QED) is 0.819. The van der Waals surface area contributed by atoms with Crippen molar-refractivity contribution in [1.29, 1.82) is 0 Å². The number of aromatic nitrogens is 2. The van der Waals surface area contributed by atoms with Crippen LogP contribution in [-0.4, -0.2) is 38.2 Å². The van der Waals surface area contributed by atoms with Crippen LogP contribution in [0.2, 0.25) is 0 Å². The van der Waals surface area contributed by atoms with Crippen LogP contribution < -0.4 is 0 Å². The summed E-state index contributed by atoms with van der Waals surface area (Å²) in [6, 6.07) is 0. The van der Waals surface area contributed by atoms with Gasteiger partial charge in [-0.25, -0.2) is 0 Å². The number of carboxylic acids is 1. The molecular formula is C11H15N3O3. The van der Waals surface area contributed by atoms with Gasteiger partial charge in [0.2, 0.25) is 5.91 Å². The van der Waals surface area contributed by atoms with E-state index in [0.29, 0.717) is 13.1 Å². The summed E-state index contributed by atoms with van der Waals surface area (Å²) in [5.74, 6) is -1.56. The van der Waals surface area contributed by atoms with E-state index in [-0.39, 0.29) is 12.3 Å². The monoisotopic (exact) mass is 237 g/mol. The lowest BCUT2D eigenvalue weighted by Gasteiger charge is -2.14. The average molecular weight is 237 g/mol. The van der Waals surface area contributed by atoms with Crippen LogP contribution in [0.5, 0.6) is 0 Å². The Labute approximate surface area is 98.8 Å². The van der Waals surface area contributed by atoms with Gasteiger partial charge in [0.25, 0.3) is 0 Å². The molecule has 0 saturated carbocycles. The second-order valence-electron chi connectivity index (χ2n) is 4.22. The predicted octanol–water partition coefficient (Wildman–Crippen LogP) is 0.336. The number of amides is 1. The predicted molar refractivity (Wildman–Crippen MR) is 59.1 cm³/mol. The summed E-state index contributed by atoms with van der Waals surface area (Å²) < 4.78 is 1.78. The minimum absolute atomic E-state index is 0.0957. The first kappa shape index (κ1) is 11.6. The number of hydrogen-bond acceptors (Lipinski definition) is 3. The zero-order chi connectivity index (χ0) is 12.4. The normalized spacial score (nSPS) is 19.9. The fourth-order valence-electron chi connectivity index (χ4n) is 1.97. The summed E-state index contributed by atoms with van der Waals surface area (Å²) in [5.41, 5.74) is 0.936. The molecule has 0 spiro atoms. The highest BCUT2D eigenvalue weighted by Crippen LogP contribution is 2.20. The molecule has 2 rings (SSSR count). The minimum atomic E-state index is -0.898. The van der Waals surface area contributed by atoms with Gasteiger partial charge in [0.1, 0.15) is 0 Å². The molecule has 1 aromatic heterocycles. The first-order valence-electron chi connectivity index (χ1n) is 5.62. The molecular weight excluding hydrogens is 222 g/mol. The molecule has 1 saturated heterocycles. The van der Waals surface area contributed by atoms with E-state index < -0.39 is 11.9 Å². The van der Waals surface area contributed by atoms with Crippen molar-refractivity contribution in [3.05, 3.63) is 18.0 Å². The Morgan fingerprint density at radius 2 is 2.41 bits per heavy atom. The number of carbonyl (C=O) groups excluding carboxylic acids is 1. The molecule has 92 valence electrons. The first-order chi connectivity index (χ1) is 8.10. The van der Waals surface area contributed by atoms with Crippen molar-refractivity contribution < 1.29 is 14.7 Å². The molecule has 6 heteroatoms. The Kier molecular flexibility index (Phi) is 3.12. The van der Waals surface area contributed by atoms with Crippen LogP contribution in [-0.2, 0) is 22.7 Å². The van der Waals surface area contributed by atoms with Crippen LogP contribution in [0.3, 0.4) is 0 Å². The van der Waals surface area contributed by atoms with E-state index >= 15 is 0 Å². The van der Waals surface area contributed by atoms with Crippen LogP contribution in [0, 0.1) is 5.92 Å². The lowest BCUT2D eigenvalue weighted by Crippen LogP contribution is -2.25. The van der Waals surface area contributed by atoms with Crippen LogP contribution in [0.4, 0.5) is 0 Å². The minimum Gasteiger partial charge on any atom is -0.481 e. The van der Waals surface area contributed by atoms with Gasteiger partial charge in [-0.3, -0.25) is 14.3 Å². The number of hydrogen-bond donors (Lipinski definition) is 1. The third-order valence-corrected chi connectivity index (χ3v) is 2.95. The third-order valence-electron chi connectivity index (χ3n) is 2.95. The van der Waals surface area contributed by atoms with Gasteiger partial charge in [0, 0.05) is 37.8 Å². The maximum atomic E-state index is 11.6. The van der Waals surface area contributed by atoms with Gasteiger partial charge < -0.3 is 10.0 Å². The number of carboxylic acid groups (broad SMARTS) is 1. The average Bonchev–Trinajstić information content (AvgIpc) is 2.87. The van der Waals surface area contributed by atoms with E-state index in [1.165, 1.54) is 0 Å². The molecule has 0 aliphatic carbocycles. The Hall–Kier alpha value is -1.85. The van der Waals surface area contributed by atoms with Gasteiger partial charge in [-0.05, 0) is 6.92 Å². The summed E-state index contributed by atoms with van der Waals surface area (Å²) in [6.07, 6.45) is 3.70. The SMILES string of the molecule is CCn1cc(CN2C[C@@H](C(=O)O)CC2=O)cn1. The number of nitrogens with zero attached hydrogens (tertiary/aromatic N) is 3. The van der Waals surface area contributed by atoms with Crippen LogP contribution >= 0.6 is 0 Å². The van der Waals surface area contributed by atoms with Crippen molar-refractivity contribution in [3.63, 3.8) is 0 Å². The van der Waals surface area contributed by atoms with Crippen molar-refractivity contribution in [1.82, 2.24) is 14.7 Å². The highest BCUT2D eigenvalue weighted by atomic mass is 16.4. The van der Waals surface area contributed by atoms with E-state index in [0.717, 1.165) is 12.1 Å². The molecule has 17 heavy (non-hydrogen) atoms. The van der Waals surface area contributed by atoms with E-state index in [4.69, 9.17) is 5.11 Å². The van der Waals surface area contributed by atoms with Crippen LogP contribution in [0.25, 0.3) is 0 Å². The van der Waals surface area contributed by atoms with Gasteiger partial charge in [-0.1, -0.05) is 0 Å². The molecule has 2 heterocycles. The molecule has 0 unspecified atom stereocenters. The summed E-state index contributed by atoms with van der Waals surface area (Å²) >= 11 is 0. The molecule has 0 bridgehead atoms. The van der Waals surface area contributed by atoms with E-state index in [9.17, 15) is 9.59 Å². The Bertz CT molecular complexity index is 441. The summed E-state index contributed by atoms with van der Waals surface area (Å²) in [4.78, 5) is 24.0.